The first-order valence-electron chi connectivity index (χ1n) is 6.67. The van der Waals surface area contributed by atoms with Gasteiger partial charge in [0.25, 0.3) is 0 Å². The van der Waals surface area contributed by atoms with Gasteiger partial charge in [0.05, 0.1) is 6.54 Å². The number of aryl methyl sites for hydroxylation is 1. The SMILES string of the molecule is Cc1nc(CN(C)Cc2cc3c(cc2Br)OCCO3)no1. The van der Waals surface area contributed by atoms with E-state index in [0.717, 1.165) is 28.1 Å². The summed E-state index contributed by atoms with van der Waals surface area (Å²) in [6.45, 7) is 4.33. The third-order valence-electron chi connectivity index (χ3n) is 3.13. The van der Waals surface area contributed by atoms with E-state index in [0.29, 0.717) is 31.5 Å². The number of benzene rings is 1. The fourth-order valence-electron chi connectivity index (χ4n) is 2.22. The molecule has 7 heteroatoms. The molecule has 0 radical (unpaired) electrons. The zero-order valence-electron chi connectivity index (χ0n) is 11.9. The van der Waals surface area contributed by atoms with E-state index in [-0.39, 0.29) is 0 Å². The molecule has 1 aliphatic heterocycles. The van der Waals surface area contributed by atoms with Crippen LogP contribution in [0.1, 0.15) is 17.3 Å². The molecule has 2 aromatic rings. The van der Waals surface area contributed by atoms with Crippen LogP contribution in [0.25, 0.3) is 0 Å². The molecule has 2 heterocycles. The molecule has 3 rings (SSSR count). The Bertz CT molecular complexity index is 644. The van der Waals surface area contributed by atoms with E-state index in [9.17, 15) is 0 Å². The summed E-state index contributed by atoms with van der Waals surface area (Å²) in [6, 6.07) is 3.96. The highest BCUT2D eigenvalue weighted by atomic mass is 79.9. The average Bonchev–Trinajstić information content (AvgIpc) is 2.85. The molecule has 0 bridgehead atoms. The van der Waals surface area contributed by atoms with Gasteiger partial charge in [-0.25, -0.2) is 0 Å². The Balaban J connectivity index is 1.71. The van der Waals surface area contributed by atoms with Crippen LogP contribution in [0.5, 0.6) is 11.5 Å². The van der Waals surface area contributed by atoms with E-state index in [4.69, 9.17) is 14.0 Å². The number of hydrogen-bond acceptors (Lipinski definition) is 6. The second-order valence-electron chi connectivity index (χ2n) is 4.99. The lowest BCUT2D eigenvalue weighted by molar-refractivity contribution is 0.171. The number of rotatable bonds is 4. The van der Waals surface area contributed by atoms with E-state index in [1.165, 1.54) is 0 Å². The highest BCUT2D eigenvalue weighted by Crippen LogP contribution is 2.35. The van der Waals surface area contributed by atoms with Gasteiger partial charge in [0, 0.05) is 17.9 Å². The molecule has 112 valence electrons. The van der Waals surface area contributed by atoms with Crippen LogP contribution >= 0.6 is 15.9 Å². The molecule has 0 aliphatic carbocycles. The summed E-state index contributed by atoms with van der Waals surface area (Å²) in [5, 5.41) is 3.91. The maximum Gasteiger partial charge on any atom is 0.223 e. The molecule has 0 atom stereocenters. The predicted molar refractivity (Wildman–Crippen MR) is 79.3 cm³/mol. The van der Waals surface area contributed by atoms with Gasteiger partial charge in [-0.1, -0.05) is 21.1 Å². The third kappa shape index (κ3) is 3.36. The molecular formula is C14H16BrN3O3. The second-order valence-corrected chi connectivity index (χ2v) is 5.84. The number of fused-ring (bicyclic) bond motifs is 1. The standard InChI is InChI=1S/C14H16BrN3O3/c1-9-16-14(17-21-9)8-18(2)7-10-5-12-13(6-11(10)15)20-4-3-19-12/h5-6H,3-4,7-8H2,1-2H3. The molecule has 1 aliphatic rings. The van der Waals surface area contributed by atoms with Crippen molar-refractivity contribution in [1.82, 2.24) is 15.0 Å². The maximum absolute atomic E-state index is 5.62. The summed E-state index contributed by atoms with van der Waals surface area (Å²) >= 11 is 3.58. The molecular weight excluding hydrogens is 338 g/mol. The molecule has 1 aromatic carbocycles. The fraction of sp³-hybridized carbons (Fsp3) is 0.429. The minimum absolute atomic E-state index is 0.582. The van der Waals surface area contributed by atoms with Crippen molar-refractivity contribution in [3.8, 4) is 11.5 Å². The molecule has 0 amide bonds. The van der Waals surface area contributed by atoms with Gasteiger partial charge in [-0.05, 0) is 24.7 Å². The summed E-state index contributed by atoms with van der Waals surface area (Å²) in [7, 11) is 2.01. The molecule has 0 saturated carbocycles. The van der Waals surface area contributed by atoms with Crippen LogP contribution in [-0.4, -0.2) is 35.3 Å². The van der Waals surface area contributed by atoms with Crippen molar-refractivity contribution in [2.24, 2.45) is 0 Å². The van der Waals surface area contributed by atoms with Crippen molar-refractivity contribution >= 4 is 15.9 Å². The van der Waals surface area contributed by atoms with Gasteiger partial charge in [0.2, 0.25) is 5.89 Å². The number of ether oxygens (including phenoxy) is 2. The number of nitrogens with zero attached hydrogens (tertiary/aromatic N) is 3. The molecule has 0 spiro atoms. The van der Waals surface area contributed by atoms with Crippen molar-refractivity contribution in [1.29, 1.82) is 0 Å². The largest absolute Gasteiger partial charge is 0.486 e. The van der Waals surface area contributed by atoms with Gasteiger partial charge in [-0.3, -0.25) is 4.90 Å². The van der Waals surface area contributed by atoms with Crippen LogP contribution in [0, 0.1) is 6.92 Å². The van der Waals surface area contributed by atoms with Gasteiger partial charge in [-0.2, -0.15) is 4.98 Å². The van der Waals surface area contributed by atoms with Gasteiger partial charge >= 0.3 is 0 Å². The Morgan fingerprint density at radius 1 is 1.19 bits per heavy atom. The minimum atomic E-state index is 0.582. The van der Waals surface area contributed by atoms with Crippen LogP contribution < -0.4 is 9.47 Å². The zero-order chi connectivity index (χ0) is 14.8. The Morgan fingerprint density at radius 2 is 1.90 bits per heavy atom. The molecule has 1 aromatic heterocycles. The topological polar surface area (TPSA) is 60.6 Å². The highest BCUT2D eigenvalue weighted by molar-refractivity contribution is 9.10. The Hall–Kier alpha value is -1.60. The summed E-state index contributed by atoms with van der Waals surface area (Å²) in [6.07, 6.45) is 0. The van der Waals surface area contributed by atoms with E-state index in [1.807, 2.05) is 19.2 Å². The number of hydrogen-bond donors (Lipinski definition) is 0. The fourth-order valence-corrected chi connectivity index (χ4v) is 2.67. The summed E-state index contributed by atoms with van der Waals surface area (Å²) in [5.41, 5.74) is 1.13. The molecule has 0 unspecified atom stereocenters. The lowest BCUT2D eigenvalue weighted by Crippen LogP contribution is -2.19. The van der Waals surface area contributed by atoms with E-state index >= 15 is 0 Å². The lowest BCUT2D eigenvalue weighted by Gasteiger charge is -2.21. The van der Waals surface area contributed by atoms with Gasteiger partial charge in [0.15, 0.2) is 17.3 Å². The minimum Gasteiger partial charge on any atom is -0.486 e. The number of aromatic nitrogens is 2. The zero-order valence-corrected chi connectivity index (χ0v) is 13.5. The monoisotopic (exact) mass is 353 g/mol. The molecule has 0 N–H and O–H groups in total. The Morgan fingerprint density at radius 3 is 2.57 bits per heavy atom. The molecule has 21 heavy (non-hydrogen) atoms. The Labute approximate surface area is 131 Å². The van der Waals surface area contributed by atoms with Crippen molar-refractivity contribution in [3.05, 3.63) is 33.9 Å². The third-order valence-corrected chi connectivity index (χ3v) is 3.87. The smallest absolute Gasteiger partial charge is 0.223 e. The molecule has 0 saturated heterocycles. The lowest BCUT2D eigenvalue weighted by atomic mass is 10.2. The van der Waals surface area contributed by atoms with Crippen LogP contribution in [0.2, 0.25) is 0 Å². The van der Waals surface area contributed by atoms with Crippen LogP contribution in [0.3, 0.4) is 0 Å². The predicted octanol–water partition coefficient (Wildman–Crippen LogP) is 2.54. The number of halogens is 1. The quantitative estimate of drug-likeness (QED) is 0.841. The van der Waals surface area contributed by atoms with Crippen LogP contribution in [0.15, 0.2) is 21.1 Å². The van der Waals surface area contributed by atoms with Crippen molar-refractivity contribution in [2.45, 2.75) is 20.0 Å². The first kappa shape index (κ1) is 14.3. The van der Waals surface area contributed by atoms with Crippen molar-refractivity contribution in [3.63, 3.8) is 0 Å². The summed E-state index contributed by atoms with van der Waals surface area (Å²) in [4.78, 5) is 6.32. The van der Waals surface area contributed by atoms with Gasteiger partial charge < -0.3 is 14.0 Å². The Kier molecular flexibility index (Phi) is 4.12. The average molecular weight is 354 g/mol. The van der Waals surface area contributed by atoms with Crippen LogP contribution in [0.4, 0.5) is 0 Å². The van der Waals surface area contributed by atoms with E-state index in [2.05, 4.69) is 31.0 Å². The van der Waals surface area contributed by atoms with E-state index < -0.39 is 0 Å². The second kappa shape index (κ2) is 6.03. The van der Waals surface area contributed by atoms with E-state index in [1.54, 1.807) is 6.92 Å². The van der Waals surface area contributed by atoms with Crippen molar-refractivity contribution < 1.29 is 14.0 Å². The van der Waals surface area contributed by atoms with Crippen molar-refractivity contribution in [2.75, 3.05) is 20.3 Å². The van der Waals surface area contributed by atoms with Gasteiger partial charge in [0.1, 0.15) is 13.2 Å². The summed E-state index contributed by atoms with van der Waals surface area (Å²) in [5.74, 6) is 2.85. The first-order chi connectivity index (χ1) is 10.1. The summed E-state index contributed by atoms with van der Waals surface area (Å²) < 4.78 is 17.2. The maximum atomic E-state index is 5.62. The van der Waals surface area contributed by atoms with Gasteiger partial charge in [-0.15, -0.1) is 0 Å². The normalized spacial score (nSPS) is 13.7. The van der Waals surface area contributed by atoms with Crippen LogP contribution in [-0.2, 0) is 13.1 Å². The first-order valence-corrected chi connectivity index (χ1v) is 7.47. The molecule has 6 nitrogen and oxygen atoms in total. The highest BCUT2D eigenvalue weighted by Gasteiger charge is 2.16. The molecule has 0 fully saturated rings.